The highest BCUT2D eigenvalue weighted by Crippen LogP contribution is 2.29. The summed E-state index contributed by atoms with van der Waals surface area (Å²) < 4.78 is 26.8. The monoisotopic (exact) mass is 418 g/mol. The summed E-state index contributed by atoms with van der Waals surface area (Å²) >= 11 is 5.75. The Morgan fingerprint density at radius 3 is 2.52 bits per heavy atom. The number of amides is 1. The molecule has 11 heteroatoms. The Labute approximate surface area is 163 Å². The van der Waals surface area contributed by atoms with Gasteiger partial charge in [-0.2, -0.15) is 4.31 Å². The van der Waals surface area contributed by atoms with Crippen LogP contribution in [0.4, 0.5) is 5.69 Å². The number of nitrogens with zero attached hydrogens (tertiary/aromatic N) is 3. The zero-order valence-corrected chi connectivity index (χ0v) is 16.8. The molecule has 0 radical (unpaired) electrons. The highest BCUT2D eigenvalue weighted by atomic mass is 35.5. The first kappa shape index (κ1) is 21.5. The van der Waals surface area contributed by atoms with Crippen molar-refractivity contribution in [3.05, 3.63) is 33.3 Å². The molecule has 9 nitrogen and oxygen atoms in total. The van der Waals surface area contributed by atoms with Crippen LogP contribution in [0.25, 0.3) is 0 Å². The number of piperazine rings is 1. The minimum absolute atomic E-state index is 0.0876. The summed E-state index contributed by atoms with van der Waals surface area (Å²) in [4.78, 5) is 23.9. The molecule has 1 aromatic rings. The van der Waals surface area contributed by atoms with Crippen molar-refractivity contribution in [1.82, 2.24) is 14.5 Å². The molecule has 0 spiro atoms. The second-order valence-electron chi connectivity index (χ2n) is 6.43. The largest absolute Gasteiger partial charge is 0.353 e. The van der Waals surface area contributed by atoms with Crippen molar-refractivity contribution in [2.75, 3.05) is 32.7 Å². The lowest BCUT2D eigenvalue weighted by Gasteiger charge is -2.33. The lowest BCUT2D eigenvalue weighted by Crippen LogP contribution is -2.51. The van der Waals surface area contributed by atoms with E-state index in [1.165, 1.54) is 10.4 Å². The van der Waals surface area contributed by atoms with Crippen LogP contribution in [0, 0.1) is 10.1 Å². The van der Waals surface area contributed by atoms with E-state index in [1.807, 2.05) is 18.7 Å². The SMILES string of the molecule is CCC(C)NC(=O)CN1CCN(S(=O)(=O)c2ccc(Cl)cc2[N+](=O)[O-])CC1. The van der Waals surface area contributed by atoms with E-state index in [9.17, 15) is 23.3 Å². The number of rotatable bonds is 7. The summed E-state index contributed by atoms with van der Waals surface area (Å²) in [6.45, 7) is 5.13. The molecule has 1 aliphatic rings. The highest BCUT2D eigenvalue weighted by molar-refractivity contribution is 7.89. The van der Waals surface area contributed by atoms with Crippen LogP contribution in [0.15, 0.2) is 23.1 Å². The lowest BCUT2D eigenvalue weighted by molar-refractivity contribution is -0.387. The van der Waals surface area contributed by atoms with Crippen LogP contribution in [-0.4, -0.2) is 67.2 Å². The Bertz CT molecular complexity index is 809. The van der Waals surface area contributed by atoms with Gasteiger partial charge >= 0.3 is 0 Å². The van der Waals surface area contributed by atoms with Crippen molar-refractivity contribution < 1.29 is 18.1 Å². The summed E-state index contributed by atoms with van der Waals surface area (Å²) in [6, 6.07) is 3.59. The molecule has 1 atom stereocenters. The third-order valence-electron chi connectivity index (χ3n) is 4.45. The van der Waals surface area contributed by atoms with E-state index in [0.717, 1.165) is 18.6 Å². The number of hydrogen-bond donors (Lipinski definition) is 1. The average molecular weight is 419 g/mol. The molecule has 1 N–H and O–H groups in total. The number of carbonyl (C=O) groups excluding carboxylic acids is 1. The van der Waals surface area contributed by atoms with Crippen molar-refractivity contribution in [2.24, 2.45) is 0 Å². The van der Waals surface area contributed by atoms with Crippen LogP contribution < -0.4 is 5.32 Å². The van der Waals surface area contributed by atoms with E-state index >= 15 is 0 Å². The molecule has 2 rings (SSSR count). The molecule has 1 unspecified atom stereocenters. The first-order chi connectivity index (χ1) is 12.6. The van der Waals surface area contributed by atoms with E-state index in [4.69, 9.17) is 11.6 Å². The van der Waals surface area contributed by atoms with Crippen molar-refractivity contribution in [3.8, 4) is 0 Å². The molecule has 1 aliphatic heterocycles. The Morgan fingerprint density at radius 2 is 1.96 bits per heavy atom. The molecule has 1 fully saturated rings. The van der Waals surface area contributed by atoms with E-state index < -0.39 is 20.6 Å². The molecule has 0 saturated carbocycles. The van der Waals surface area contributed by atoms with Gasteiger partial charge in [0.1, 0.15) is 0 Å². The predicted octanol–water partition coefficient (Wildman–Crippen LogP) is 1.47. The number of halogens is 1. The summed E-state index contributed by atoms with van der Waals surface area (Å²) in [5, 5.41) is 14.2. The first-order valence-corrected chi connectivity index (χ1v) is 10.4. The smallest absolute Gasteiger partial charge is 0.290 e. The van der Waals surface area contributed by atoms with Crippen molar-refractivity contribution in [2.45, 2.75) is 31.2 Å². The molecular weight excluding hydrogens is 396 g/mol. The summed E-state index contributed by atoms with van der Waals surface area (Å²) in [6.07, 6.45) is 0.831. The first-order valence-electron chi connectivity index (χ1n) is 8.61. The molecule has 0 aliphatic carbocycles. The third kappa shape index (κ3) is 5.38. The second kappa shape index (κ2) is 8.96. The third-order valence-corrected chi connectivity index (χ3v) is 6.63. The number of hydrogen-bond acceptors (Lipinski definition) is 6. The van der Waals surface area contributed by atoms with E-state index in [-0.39, 0.29) is 41.5 Å². The van der Waals surface area contributed by atoms with Gasteiger partial charge in [0.2, 0.25) is 15.9 Å². The van der Waals surface area contributed by atoms with E-state index in [2.05, 4.69) is 5.32 Å². The fourth-order valence-corrected chi connectivity index (χ4v) is 4.47. The van der Waals surface area contributed by atoms with Gasteiger partial charge in [0, 0.05) is 43.3 Å². The summed E-state index contributed by atoms with van der Waals surface area (Å²) in [5.74, 6) is -0.103. The predicted molar refractivity (Wildman–Crippen MR) is 101 cm³/mol. The van der Waals surface area contributed by atoms with Gasteiger partial charge in [0.25, 0.3) is 5.69 Å². The summed E-state index contributed by atoms with van der Waals surface area (Å²) in [7, 11) is -4.02. The van der Waals surface area contributed by atoms with Crippen molar-refractivity contribution in [3.63, 3.8) is 0 Å². The van der Waals surface area contributed by atoms with Crippen LogP contribution in [0.2, 0.25) is 5.02 Å². The molecule has 1 saturated heterocycles. The number of nitro groups is 1. The van der Waals surface area contributed by atoms with E-state index in [0.29, 0.717) is 13.1 Å². The standard InChI is InChI=1S/C16H23ClN4O5S/c1-3-12(2)18-16(22)11-19-6-8-20(9-7-19)27(25,26)15-5-4-13(17)10-14(15)21(23)24/h4-5,10,12H,3,6-9,11H2,1-2H3,(H,18,22). The van der Waals surface area contributed by atoms with Gasteiger partial charge in [-0.05, 0) is 25.5 Å². The molecule has 0 aromatic heterocycles. The molecule has 1 amide bonds. The van der Waals surface area contributed by atoms with Crippen molar-refractivity contribution >= 4 is 33.2 Å². The Balaban J connectivity index is 2.05. The van der Waals surface area contributed by atoms with Crippen molar-refractivity contribution in [1.29, 1.82) is 0 Å². The quantitative estimate of drug-likeness (QED) is 0.530. The zero-order valence-electron chi connectivity index (χ0n) is 15.2. The maximum absolute atomic E-state index is 12.8. The van der Waals surface area contributed by atoms with Crippen LogP contribution in [-0.2, 0) is 14.8 Å². The maximum Gasteiger partial charge on any atom is 0.290 e. The van der Waals surface area contributed by atoms with E-state index in [1.54, 1.807) is 0 Å². The van der Waals surface area contributed by atoms with Gasteiger partial charge < -0.3 is 5.32 Å². The molecule has 1 aromatic carbocycles. The Hall–Kier alpha value is -1.75. The fraction of sp³-hybridized carbons (Fsp3) is 0.562. The number of sulfonamides is 1. The van der Waals surface area contributed by atoms with Gasteiger partial charge in [-0.1, -0.05) is 18.5 Å². The number of carbonyl (C=O) groups is 1. The topological polar surface area (TPSA) is 113 Å². The van der Waals surface area contributed by atoms with Gasteiger partial charge in [-0.15, -0.1) is 0 Å². The van der Waals surface area contributed by atoms with Gasteiger partial charge in [-0.25, -0.2) is 8.42 Å². The molecular formula is C16H23ClN4O5S. The van der Waals surface area contributed by atoms with Gasteiger partial charge in [0.15, 0.2) is 4.90 Å². The summed E-state index contributed by atoms with van der Waals surface area (Å²) in [5.41, 5.74) is -0.544. The van der Waals surface area contributed by atoms with Crippen LogP contribution >= 0.6 is 11.6 Å². The van der Waals surface area contributed by atoms with Crippen LogP contribution in [0.3, 0.4) is 0 Å². The highest BCUT2D eigenvalue weighted by Gasteiger charge is 2.34. The number of nitrogens with one attached hydrogen (secondary N) is 1. The number of nitro benzene ring substituents is 1. The van der Waals surface area contributed by atoms with Crippen LogP contribution in [0.1, 0.15) is 20.3 Å². The molecule has 27 heavy (non-hydrogen) atoms. The van der Waals surface area contributed by atoms with Gasteiger partial charge in [-0.3, -0.25) is 19.8 Å². The second-order valence-corrected chi connectivity index (χ2v) is 8.77. The molecule has 150 valence electrons. The van der Waals surface area contributed by atoms with Gasteiger partial charge in [0.05, 0.1) is 11.5 Å². The van der Waals surface area contributed by atoms with Crippen LogP contribution in [0.5, 0.6) is 0 Å². The lowest BCUT2D eigenvalue weighted by atomic mass is 10.2. The average Bonchev–Trinajstić information content (AvgIpc) is 2.61. The Kier molecular flexibility index (Phi) is 7.15. The fourth-order valence-electron chi connectivity index (χ4n) is 2.74. The molecule has 1 heterocycles. The zero-order chi connectivity index (χ0) is 20.2. The molecule has 0 bridgehead atoms. The minimum atomic E-state index is -4.02. The normalized spacial score (nSPS) is 17.4. The minimum Gasteiger partial charge on any atom is -0.353 e. The maximum atomic E-state index is 12.8. The number of benzene rings is 1. The Morgan fingerprint density at radius 1 is 1.33 bits per heavy atom.